The van der Waals surface area contributed by atoms with Gasteiger partial charge in [0.1, 0.15) is 5.75 Å². The Bertz CT molecular complexity index is 2140. The quantitative estimate of drug-likeness (QED) is 0.0565. The van der Waals surface area contributed by atoms with Gasteiger partial charge in [0, 0.05) is 33.6 Å². The number of phenols is 1. The van der Waals surface area contributed by atoms with E-state index in [1.165, 1.54) is 43.0 Å². The summed E-state index contributed by atoms with van der Waals surface area (Å²) in [5, 5.41) is 8.83. The van der Waals surface area contributed by atoms with Crippen molar-refractivity contribution >= 4 is 68.0 Å². The van der Waals surface area contributed by atoms with Gasteiger partial charge >= 0.3 is 22.5 Å². The van der Waals surface area contributed by atoms with Gasteiger partial charge in [0.05, 0.1) is 9.79 Å². The van der Waals surface area contributed by atoms with E-state index in [1.807, 2.05) is 52.0 Å². The van der Waals surface area contributed by atoms with Gasteiger partial charge in [0.25, 0.3) is 9.05 Å². The van der Waals surface area contributed by atoms with Crippen LogP contribution < -0.4 is 0 Å². The summed E-state index contributed by atoms with van der Waals surface area (Å²) in [5.41, 5.74) is 6.19. The van der Waals surface area contributed by atoms with Crippen molar-refractivity contribution in [3.8, 4) is 5.75 Å². The van der Waals surface area contributed by atoms with Crippen molar-refractivity contribution in [2.24, 2.45) is 0 Å². The number of halogens is 1. The predicted octanol–water partition coefficient (Wildman–Crippen LogP) is 8.51. The minimum atomic E-state index is -3.55. The van der Waals surface area contributed by atoms with E-state index in [0.29, 0.717) is 22.3 Å². The molecule has 0 aliphatic carbocycles. The van der Waals surface area contributed by atoms with Crippen LogP contribution in [-0.2, 0) is 31.4 Å². The van der Waals surface area contributed by atoms with Gasteiger partial charge in [-0.3, -0.25) is 19.2 Å². The fraction of sp³-hybridized carbons (Fsp3) is 0.190. The molecular formula is C42H47ClO11S2Se. The maximum atomic E-state index is 10.9. The van der Waals surface area contributed by atoms with Crippen LogP contribution in [0.1, 0.15) is 74.6 Å². The molecule has 0 aliphatic heterocycles. The molecule has 5 rings (SSSR count). The van der Waals surface area contributed by atoms with Crippen LogP contribution in [0.15, 0.2) is 131 Å². The molecule has 1 N–H and O–H groups in total. The molecule has 5 aromatic carbocycles. The monoisotopic (exact) mass is 906 g/mol. The topological polar surface area (TPSA) is 191 Å². The van der Waals surface area contributed by atoms with Crippen LogP contribution in [-0.4, -0.2) is 66.7 Å². The SMILES string of the molecule is C.CC(=O)c1ccc(C)cc1.CC(=O)c1ccc(O)cc1.Cc1ccc(C(=O)C=O)cc1.Cc1ccc(S(=O)(=O)Cl)cc1.Cc1ccc(S(C)(=O)=O)cc1.O=[Se]=O. The Morgan fingerprint density at radius 3 is 1.07 bits per heavy atom. The molecule has 0 saturated heterocycles. The zero-order chi connectivity index (χ0) is 43.1. The second kappa shape index (κ2) is 27.5. The van der Waals surface area contributed by atoms with Gasteiger partial charge in [0.15, 0.2) is 27.7 Å². The van der Waals surface area contributed by atoms with Crippen molar-refractivity contribution in [1.82, 2.24) is 0 Å². The third kappa shape index (κ3) is 24.2. The molecule has 15 heteroatoms. The fourth-order valence-corrected chi connectivity index (χ4v) is 5.16. The molecule has 0 amide bonds. The average Bonchev–Trinajstić information content (AvgIpc) is 3.13. The van der Waals surface area contributed by atoms with E-state index in [4.69, 9.17) is 23.5 Å². The Morgan fingerprint density at radius 2 is 0.807 bits per heavy atom. The molecule has 0 heterocycles. The molecule has 0 bridgehead atoms. The van der Waals surface area contributed by atoms with E-state index in [-0.39, 0.29) is 29.6 Å². The number of rotatable bonds is 6. The Balaban J connectivity index is 0. The van der Waals surface area contributed by atoms with Crippen LogP contribution in [0.5, 0.6) is 5.75 Å². The number of benzene rings is 5. The summed E-state index contributed by atoms with van der Waals surface area (Å²) < 4.78 is 60.2. The molecule has 11 nitrogen and oxygen atoms in total. The normalized spacial score (nSPS) is 9.68. The molecule has 57 heavy (non-hydrogen) atoms. The van der Waals surface area contributed by atoms with Crippen LogP contribution in [0, 0.1) is 27.7 Å². The molecular weight excluding hydrogens is 859 g/mol. The molecule has 0 radical (unpaired) electrons. The number of aryl methyl sites for hydroxylation is 4. The minimum absolute atomic E-state index is 0. The van der Waals surface area contributed by atoms with Crippen molar-refractivity contribution in [2.45, 2.75) is 58.8 Å². The Labute approximate surface area is 346 Å². The number of hydrogen-bond donors (Lipinski definition) is 1. The number of carbonyl (C=O) groups excluding carboxylic acids is 4. The number of hydrogen-bond acceptors (Lipinski definition) is 11. The standard InChI is InChI=1S/C9H8O2.C9H10O.C8H10O2S.C8H8O2.C7H7ClO2S.CH4.O2Se/c1-7-2-4-8(5-3-7)9(11)6-10;1-7-3-5-9(6-4-7)8(2)10;1-7-3-5-8(6-4-7)11(2,9)10;1-6(9)7-2-4-8(10)5-3-7;1-6-2-4-7(5-3-6)11(8,9)10;;1-3-2/h2-6H,1H3;3-6H,1-2H3;3-6H,1-2H3;2-5,10H,1H3;2-5H,1H3;1H4;. The Hall–Kier alpha value is -5.11. The molecule has 0 fully saturated rings. The Kier molecular flexibility index (Phi) is 26.0. The van der Waals surface area contributed by atoms with Gasteiger partial charge in [-0.1, -0.05) is 102 Å². The number of phenolic OH excluding ortho intramolecular Hbond substituents is 1. The van der Waals surface area contributed by atoms with Gasteiger partial charge in [0.2, 0.25) is 5.78 Å². The number of carbonyl (C=O) groups is 4. The summed E-state index contributed by atoms with van der Waals surface area (Å²) >= 11 is -1.62. The van der Waals surface area contributed by atoms with Crippen molar-refractivity contribution in [3.63, 3.8) is 0 Å². The molecule has 306 valence electrons. The van der Waals surface area contributed by atoms with Crippen LogP contribution >= 0.6 is 10.7 Å². The zero-order valence-electron chi connectivity index (χ0n) is 31.8. The summed E-state index contributed by atoms with van der Waals surface area (Å²) in [4.78, 5) is 42.8. The molecule has 0 atom stereocenters. The first kappa shape index (κ1) is 54.0. The van der Waals surface area contributed by atoms with Crippen LogP contribution in [0.2, 0.25) is 0 Å². The van der Waals surface area contributed by atoms with E-state index in [2.05, 4.69) is 0 Å². The van der Waals surface area contributed by atoms with Crippen LogP contribution in [0.25, 0.3) is 0 Å². The molecule has 0 aliphatic rings. The van der Waals surface area contributed by atoms with Crippen molar-refractivity contribution < 1.29 is 48.8 Å². The van der Waals surface area contributed by atoms with E-state index in [9.17, 15) is 36.0 Å². The number of aromatic hydroxyl groups is 1. The number of sulfone groups is 1. The molecule has 0 aromatic heterocycles. The second-order valence-corrected chi connectivity index (χ2v) is 16.6. The van der Waals surface area contributed by atoms with E-state index >= 15 is 0 Å². The third-order valence-electron chi connectivity index (χ3n) is 6.93. The number of ketones is 3. The first-order valence-corrected chi connectivity index (χ1v) is 21.8. The van der Waals surface area contributed by atoms with E-state index < -0.39 is 39.5 Å². The van der Waals surface area contributed by atoms with Gasteiger partial charge in [-0.05, 0) is 90.1 Å². The summed E-state index contributed by atoms with van der Waals surface area (Å²) in [7, 11) is -1.48. The molecule has 0 saturated carbocycles. The average molecular weight is 906 g/mol. The maximum absolute atomic E-state index is 10.9. The van der Waals surface area contributed by atoms with E-state index in [0.717, 1.165) is 22.3 Å². The summed E-state index contributed by atoms with van der Waals surface area (Å²) in [6, 6.07) is 33.8. The van der Waals surface area contributed by atoms with Crippen molar-refractivity contribution in [1.29, 1.82) is 0 Å². The second-order valence-electron chi connectivity index (χ2n) is 11.8. The number of Topliss-reactive ketones (excluding diaryl/α,β-unsaturated/α-hetero) is 3. The van der Waals surface area contributed by atoms with Gasteiger partial charge in [-0.2, -0.15) is 0 Å². The van der Waals surface area contributed by atoms with Crippen LogP contribution in [0.4, 0.5) is 0 Å². The number of aldehydes is 1. The fourth-order valence-electron chi connectivity index (χ4n) is 3.76. The molecule has 0 unspecified atom stereocenters. The van der Waals surface area contributed by atoms with Gasteiger partial charge < -0.3 is 5.11 Å². The Morgan fingerprint density at radius 1 is 0.544 bits per heavy atom. The molecule has 0 spiro atoms. The first-order valence-electron chi connectivity index (χ1n) is 16.2. The summed E-state index contributed by atoms with van der Waals surface area (Å²) in [6.45, 7) is 10.8. The van der Waals surface area contributed by atoms with Gasteiger partial charge in [-0.15, -0.1) is 0 Å². The molecule has 5 aromatic rings. The summed E-state index contributed by atoms with van der Waals surface area (Å²) in [6.07, 6.45) is 1.53. The zero-order valence-corrected chi connectivity index (χ0v) is 35.9. The van der Waals surface area contributed by atoms with Crippen molar-refractivity contribution in [3.05, 3.63) is 160 Å². The third-order valence-corrected chi connectivity index (χ3v) is 9.42. The van der Waals surface area contributed by atoms with E-state index in [1.54, 1.807) is 79.7 Å². The predicted molar refractivity (Wildman–Crippen MR) is 223 cm³/mol. The first-order chi connectivity index (χ1) is 26.0. The van der Waals surface area contributed by atoms with Gasteiger partial charge in [-0.25, -0.2) is 16.8 Å². The summed E-state index contributed by atoms with van der Waals surface area (Å²) in [5.74, 6) is -0.144. The van der Waals surface area contributed by atoms with Crippen LogP contribution in [0.3, 0.4) is 0 Å². The van der Waals surface area contributed by atoms with Crippen molar-refractivity contribution in [2.75, 3.05) is 6.26 Å².